The molecular weight excluding hydrogens is 483 g/mol. The van der Waals surface area contributed by atoms with Gasteiger partial charge in [-0.2, -0.15) is 18.3 Å². The van der Waals surface area contributed by atoms with Crippen LogP contribution >= 0.6 is 0 Å². The molecule has 1 aromatic heterocycles. The first-order chi connectivity index (χ1) is 17.4. The minimum atomic E-state index is -4.37. The normalized spacial score (nSPS) is 12.1. The van der Waals surface area contributed by atoms with Crippen LogP contribution in [0.15, 0.2) is 54.6 Å². The molecule has 0 unspecified atom stereocenters. The molecule has 1 heterocycles. The fourth-order valence-corrected chi connectivity index (χ4v) is 3.91. The molecule has 0 saturated carbocycles. The first kappa shape index (κ1) is 28.2. The summed E-state index contributed by atoms with van der Waals surface area (Å²) in [5, 5.41) is 4.65. The predicted octanol–water partition coefficient (Wildman–Crippen LogP) is 6.33. The van der Waals surface area contributed by atoms with Gasteiger partial charge >= 0.3 is 12.1 Å². The number of carbonyl (C=O) groups is 1. The van der Waals surface area contributed by atoms with Crippen molar-refractivity contribution < 1.29 is 27.4 Å². The van der Waals surface area contributed by atoms with E-state index in [1.165, 1.54) is 12.1 Å². The molecule has 0 radical (unpaired) electrons. The Bertz CT molecular complexity index is 1170. The molecule has 0 fully saturated rings. The Balaban J connectivity index is 1.67. The van der Waals surface area contributed by atoms with E-state index in [1.807, 2.05) is 42.1 Å². The summed E-state index contributed by atoms with van der Waals surface area (Å²) in [6.07, 6.45) is -3.48. The van der Waals surface area contributed by atoms with E-state index < -0.39 is 23.3 Å². The van der Waals surface area contributed by atoms with Crippen LogP contribution in [-0.2, 0) is 35.3 Å². The van der Waals surface area contributed by atoms with Crippen molar-refractivity contribution in [3.8, 4) is 17.0 Å². The summed E-state index contributed by atoms with van der Waals surface area (Å²) in [5.74, 6) is 0.157. The minimum absolute atomic E-state index is 0.292. The Morgan fingerprint density at radius 2 is 1.65 bits per heavy atom. The Labute approximate surface area is 216 Å². The van der Waals surface area contributed by atoms with Crippen LogP contribution in [-0.4, -0.2) is 39.9 Å². The van der Waals surface area contributed by atoms with Gasteiger partial charge in [-0.25, -0.2) is 4.79 Å². The highest BCUT2D eigenvalue weighted by Gasteiger charge is 2.32. The summed E-state index contributed by atoms with van der Waals surface area (Å²) >= 11 is 0. The van der Waals surface area contributed by atoms with Crippen LogP contribution in [0.2, 0.25) is 0 Å². The number of carbonyl (C=O) groups excluding carboxylic acids is 1. The molecule has 0 atom stereocenters. The summed E-state index contributed by atoms with van der Waals surface area (Å²) in [5.41, 5.74) is 1.58. The second-order valence-corrected chi connectivity index (χ2v) is 9.47. The molecule has 0 aliphatic carbocycles. The summed E-state index contributed by atoms with van der Waals surface area (Å²) < 4.78 is 51.6. The average molecular weight is 518 g/mol. The van der Waals surface area contributed by atoms with Crippen LogP contribution in [0.4, 0.5) is 13.2 Å². The highest BCUT2D eigenvalue weighted by Crippen LogP contribution is 2.31. The zero-order valence-electron chi connectivity index (χ0n) is 21.9. The van der Waals surface area contributed by atoms with Crippen LogP contribution in [0.25, 0.3) is 11.3 Å². The molecule has 9 heteroatoms. The van der Waals surface area contributed by atoms with Crippen molar-refractivity contribution in [2.24, 2.45) is 0 Å². The van der Waals surface area contributed by atoms with E-state index in [1.54, 1.807) is 20.8 Å². The summed E-state index contributed by atoms with van der Waals surface area (Å²) in [6.45, 7) is 9.43. The number of rotatable bonds is 11. The van der Waals surface area contributed by atoms with Crippen molar-refractivity contribution in [1.29, 1.82) is 0 Å². The highest BCUT2D eigenvalue weighted by molar-refractivity contribution is 5.79. The van der Waals surface area contributed by atoms with Gasteiger partial charge in [-0.05, 0) is 70.1 Å². The van der Waals surface area contributed by atoms with E-state index in [0.717, 1.165) is 29.8 Å². The molecule has 200 valence electrons. The van der Waals surface area contributed by atoms with E-state index in [4.69, 9.17) is 9.47 Å². The van der Waals surface area contributed by atoms with Gasteiger partial charge in [-0.15, -0.1) is 0 Å². The zero-order chi connectivity index (χ0) is 27.2. The van der Waals surface area contributed by atoms with Crippen molar-refractivity contribution in [3.05, 3.63) is 71.4 Å². The van der Waals surface area contributed by atoms with Crippen LogP contribution in [0.3, 0.4) is 0 Å². The number of benzene rings is 2. The van der Waals surface area contributed by atoms with Crippen LogP contribution in [0, 0.1) is 0 Å². The maximum Gasteiger partial charge on any atom is 0.416 e. The SMILES string of the molecule is CCCn1nc(-c2ccc(C(F)(F)F)cc2)cc1CN(C)Cc1ccc(OC(C)(C)C(=O)OCC)cc1. The molecule has 0 aliphatic heterocycles. The van der Waals surface area contributed by atoms with Gasteiger partial charge in [0.05, 0.1) is 23.6 Å². The molecule has 0 bridgehead atoms. The van der Waals surface area contributed by atoms with Gasteiger partial charge in [0, 0.05) is 25.2 Å². The maximum atomic E-state index is 12.9. The molecule has 3 rings (SSSR count). The lowest BCUT2D eigenvalue weighted by Gasteiger charge is -2.24. The Morgan fingerprint density at radius 3 is 2.22 bits per heavy atom. The summed E-state index contributed by atoms with van der Waals surface area (Å²) in [7, 11) is 2.00. The molecule has 6 nitrogen and oxygen atoms in total. The quantitative estimate of drug-likeness (QED) is 0.278. The van der Waals surface area contributed by atoms with Crippen LogP contribution in [0.1, 0.15) is 50.9 Å². The number of aromatic nitrogens is 2. The van der Waals surface area contributed by atoms with Crippen molar-refractivity contribution in [3.63, 3.8) is 0 Å². The zero-order valence-corrected chi connectivity index (χ0v) is 21.9. The predicted molar refractivity (Wildman–Crippen MR) is 136 cm³/mol. The molecule has 0 saturated heterocycles. The number of ether oxygens (including phenoxy) is 2. The van der Waals surface area contributed by atoms with E-state index in [0.29, 0.717) is 43.2 Å². The number of hydrogen-bond acceptors (Lipinski definition) is 5. The smallest absolute Gasteiger partial charge is 0.416 e. The first-order valence-electron chi connectivity index (χ1n) is 12.3. The Hall–Kier alpha value is -3.33. The molecule has 0 aliphatic rings. The van der Waals surface area contributed by atoms with E-state index in [2.05, 4.69) is 16.9 Å². The molecule has 0 N–H and O–H groups in total. The van der Waals surface area contributed by atoms with Gasteiger partial charge in [0.2, 0.25) is 0 Å². The third-order valence-electron chi connectivity index (χ3n) is 5.75. The monoisotopic (exact) mass is 517 g/mol. The van der Waals surface area contributed by atoms with Crippen LogP contribution in [0.5, 0.6) is 5.75 Å². The number of nitrogens with zero attached hydrogens (tertiary/aromatic N) is 3. The second kappa shape index (κ2) is 11.8. The second-order valence-electron chi connectivity index (χ2n) is 9.47. The molecule has 37 heavy (non-hydrogen) atoms. The van der Waals surface area contributed by atoms with E-state index >= 15 is 0 Å². The Kier molecular flexibility index (Phi) is 9.02. The third kappa shape index (κ3) is 7.58. The van der Waals surface area contributed by atoms with E-state index in [-0.39, 0.29) is 0 Å². The lowest BCUT2D eigenvalue weighted by molar-refractivity contribution is -0.158. The lowest BCUT2D eigenvalue weighted by atomic mass is 10.1. The first-order valence-corrected chi connectivity index (χ1v) is 12.3. The van der Waals surface area contributed by atoms with Crippen LogP contribution < -0.4 is 4.74 Å². The molecule has 0 spiro atoms. The molecule has 0 amide bonds. The standard InChI is InChI=1S/C28H34F3N3O3/c1-6-16-34-23(17-25(32-34)21-10-12-22(13-11-21)28(29,30)31)19-33(5)18-20-8-14-24(15-9-20)37-27(3,4)26(35)36-7-2/h8-15,17H,6-7,16,18-19H2,1-5H3. The van der Waals surface area contributed by atoms with Gasteiger partial charge in [0.15, 0.2) is 5.60 Å². The largest absolute Gasteiger partial charge is 0.476 e. The number of hydrogen-bond donors (Lipinski definition) is 0. The van der Waals surface area contributed by atoms with Crippen molar-refractivity contribution in [2.45, 2.75) is 65.5 Å². The fourth-order valence-electron chi connectivity index (χ4n) is 3.91. The highest BCUT2D eigenvalue weighted by atomic mass is 19.4. The number of halogens is 3. The number of alkyl halides is 3. The summed E-state index contributed by atoms with van der Waals surface area (Å²) in [4.78, 5) is 14.2. The molecule has 3 aromatic rings. The number of esters is 1. The van der Waals surface area contributed by atoms with Crippen molar-refractivity contribution in [2.75, 3.05) is 13.7 Å². The number of aryl methyl sites for hydroxylation is 1. The van der Waals surface area contributed by atoms with Gasteiger partial charge in [0.25, 0.3) is 0 Å². The van der Waals surface area contributed by atoms with Gasteiger partial charge in [-0.1, -0.05) is 31.2 Å². The summed E-state index contributed by atoms with van der Waals surface area (Å²) in [6, 6.07) is 14.6. The molecule has 2 aromatic carbocycles. The Morgan fingerprint density at radius 1 is 1.00 bits per heavy atom. The maximum absolute atomic E-state index is 12.9. The third-order valence-corrected chi connectivity index (χ3v) is 5.75. The van der Waals surface area contributed by atoms with Crippen molar-refractivity contribution in [1.82, 2.24) is 14.7 Å². The van der Waals surface area contributed by atoms with Gasteiger partial charge in [0.1, 0.15) is 5.75 Å². The van der Waals surface area contributed by atoms with E-state index in [9.17, 15) is 18.0 Å². The van der Waals surface area contributed by atoms with Gasteiger partial charge < -0.3 is 9.47 Å². The fraction of sp³-hybridized carbons (Fsp3) is 0.429. The molecular formula is C28H34F3N3O3. The van der Waals surface area contributed by atoms with Crippen molar-refractivity contribution >= 4 is 5.97 Å². The minimum Gasteiger partial charge on any atom is -0.476 e. The average Bonchev–Trinajstić information content (AvgIpc) is 3.22. The van der Waals surface area contributed by atoms with Gasteiger partial charge in [-0.3, -0.25) is 9.58 Å². The lowest BCUT2D eigenvalue weighted by Crippen LogP contribution is -2.39. The topological polar surface area (TPSA) is 56.6 Å².